The van der Waals surface area contributed by atoms with E-state index in [0.29, 0.717) is 12.0 Å². The molecule has 0 bridgehead atoms. The van der Waals surface area contributed by atoms with E-state index in [1.54, 1.807) is 0 Å². The van der Waals surface area contributed by atoms with Crippen molar-refractivity contribution < 1.29 is 5.11 Å². The quantitative estimate of drug-likeness (QED) is 0.624. The zero-order valence-corrected chi connectivity index (χ0v) is 12.2. The van der Waals surface area contributed by atoms with Crippen molar-refractivity contribution in [3.63, 3.8) is 0 Å². The van der Waals surface area contributed by atoms with Crippen molar-refractivity contribution in [1.29, 1.82) is 0 Å². The molecule has 0 aromatic carbocycles. The van der Waals surface area contributed by atoms with Crippen LogP contribution in [0.1, 0.15) is 25.7 Å². The third-order valence-electron chi connectivity index (χ3n) is 4.19. The molecule has 2 N–H and O–H groups in total. The molecule has 0 aliphatic heterocycles. The van der Waals surface area contributed by atoms with Crippen LogP contribution in [0, 0.1) is 5.92 Å². The van der Waals surface area contributed by atoms with E-state index in [-0.39, 0.29) is 12.1 Å². The van der Waals surface area contributed by atoms with Gasteiger partial charge in [0.15, 0.2) is 0 Å². The molecular weight excluding hydrogens is 226 g/mol. The van der Waals surface area contributed by atoms with E-state index in [4.69, 9.17) is 0 Å². The topological polar surface area (TPSA) is 38.7 Å². The van der Waals surface area contributed by atoms with Gasteiger partial charge in [0, 0.05) is 25.7 Å². The van der Waals surface area contributed by atoms with E-state index >= 15 is 0 Å². The maximum atomic E-state index is 9.89. The van der Waals surface area contributed by atoms with Gasteiger partial charge < -0.3 is 20.2 Å². The van der Waals surface area contributed by atoms with E-state index in [1.807, 2.05) is 0 Å². The number of nitrogens with one attached hydrogen (secondary N) is 1. The summed E-state index contributed by atoms with van der Waals surface area (Å²) in [6.45, 7) is 3.39. The minimum absolute atomic E-state index is 0.0395. The molecule has 0 spiro atoms. The second-order valence-electron chi connectivity index (χ2n) is 6.55. The number of hydrogen-bond donors (Lipinski definition) is 2. The standard InChI is InChI=1S/C14H29N3O/c1-16(2)8-9-17(3)10-14(11-18,12-4-5-12)15-13-6-7-13/h12-13,15,18H,4-11H2,1-3H3. The van der Waals surface area contributed by atoms with Gasteiger partial charge in [-0.1, -0.05) is 0 Å². The molecule has 1 atom stereocenters. The minimum atomic E-state index is -0.0395. The van der Waals surface area contributed by atoms with Crippen LogP contribution in [0.25, 0.3) is 0 Å². The fraction of sp³-hybridized carbons (Fsp3) is 1.00. The third-order valence-corrected chi connectivity index (χ3v) is 4.19. The van der Waals surface area contributed by atoms with Crippen LogP contribution in [0.4, 0.5) is 0 Å². The summed E-state index contributed by atoms with van der Waals surface area (Å²) in [6.07, 6.45) is 5.13. The predicted molar refractivity (Wildman–Crippen MR) is 74.7 cm³/mol. The Balaban J connectivity index is 1.86. The number of rotatable bonds is 9. The molecule has 106 valence electrons. The minimum Gasteiger partial charge on any atom is -0.394 e. The molecule has 4 heteroatoms. The lowest BCUT2D eigenvalue weighted by Crippen LogP contribution is -2.58. The van der Waals surface area contributed by atoms with Gasteiger partial charge in [-0.2, -0.15) is 0 Å². The van der Waals surface area contributed by atoms with Crippen LogP contribution < -0.4 is 5.32 Å². The highest BCUT2D eigenvalue weighted by Gasteiger charge is 2.47. The van der Waals surface area contributed by atoms with E-state index in [9.17, 15) is 5.11 Å². The largest absolute Gasteiger partial charge is 0.394 e. The average Bonchev–Trinajstić information content (AvgIpc) is 3.15. The molecular formula is C14H29N3O. The van der Waals surface area contributed by atoms with Crippen molar-refractivity contribution in [2.24, 2.45) is 5.92 Å². The smallest absolute Gasteiger partial charge is 0.0628 e. The number of likely N-dealkylation sites (N-methyl/N-ethyl adjacent to an activating group) is 2. The van der Waals surface area contributed by atoms with Crippen LogP contribution >= 0.6 is 0 Å². The van der Waals surface area contributed by atoms with Crippen molar-refractivity contribution in [2.75, 3.05) is 47.4 Å². The van der Waals surface area contributed by atoms with E-state index in [1.165, 1.54) is 25.7 Å². The van der Waals surface area contributed by atoms with Crippen LogP contribution in [0.5, 0.6) is 0 Å². The van der Waals surface area contributed by atoms with Crippen molar-refractivity contribution in [3.8, 4) is 0 Å². The highest BCUT2D eigenvalue weighted by Crippen LogP contribution is 2.41. The predicted octanol–water partition coefficient (Wildman–Crippen LogP) is 0.373. The van der Waals surface area contributed by atoms with Crippen molar-refractivity contribution in [1.82, 2.24) is 15.1 Å². The van der Waals surface area contributed by atoms with Gasteiger partial charge in [-0.15, -0.1) is 0 Å². The number of nitrogens with zero attached hydrogens (tertiary/aromatic N) is 2. The summed E-state index contributed by atoms with van der Waals surface area (Å²) in [4.78, 5) is 4.58. The monoisotopic (exact) mass is 255 g/mol. The second-order valence-corrected chi connectivity index (χ2v) is 6.55. The fourth-order valence-electron chi connectivity index (χ4n) is 2.72. The van der Waals surface area contributed by atoms with Gasteiger partial charge in [0.25, 0.3) is 0 Å². The zero-order chi connectivity index (χ0) is 13.2. The molecule has 2 aliphatic carbocycles. The first-order valence-electron chi connectivity index (χ1n) is 7.27. The lowest BCUT2D eigenvalue weighted by Gasteiger charge is -2.37. The summed E-state index contributed by atoms with van der Waals surface area (Å²) in [5.74, 6) is 0.685. The fourth-order valence-corrected chi connectivity index (χ4v) is 2.72. The van der Waals surface area contributed by atoms with Gasteiger partial charge in [0.05, 0.1) is 12.1 Å². The molecule has 1 unspecified atom stereocenters. The summed E-state index contributed by atoms with van der Waals surface area (Å²) >= 11 is 0. The van der Waals surface area contributed by atoms with Crippen LogP contribution in [0.3, 0.4) is 0 Å². The summed E-state index contributed by atoms with van der Waals surface area (Å²) in [5.41, 5.74) is -0.0395. The van der Waals surface area contributed by atoms with Crippen molar-refractivity contribution in [3.05, 3.63) is 0 Å². The number of aliphatic hydroxyl groups excluding tert-OH is 1. The lowest BCUT2D eigenvalue weighted by atomic mass is 9.93. The molecule has 0 radical (unpaired) electrons. The summed E-state index contributed by atoms with van der Waals surface area (Å²) in [7, 11) is 6.39. The van der Waals surface area contributed by atoms with Crippen molar-refractivity contribution in [2.45, 2.75) is 37.3 Å². The maximum Gasteiger partial charge on any atom is 0.0628 e. The molecule has 0 amide bonds. The first-order valence-corrected chi connectivity index (χ1v) is 7.27. The second kappa shape index (κ2) is 5.87. The van der Waals surface area contributed by atoms with Gasteiger partial charge in [0.1, 0.15) is 0 Å². The Morgan fingerprint density at radius 3 is 2.22 bits per heavy atom. The molecule has 0 heterocycles. The van der Waals surface area contributed by atoms with Gasteiger partial charge in [-0.25, -0.2) is 0 Å². The van der Waals surface area contributed by atoms with E-state index < -0.39 is 0 Å². The van der Waals surface area contributed by atoms with Crippen LogP contribution in [-0.2, 0) is 0 Å². The van der Waals surface area contributed by atoms with Crippen LogP contribution in [-0.4, -0.2) is 73.9 Å². The normalized spacial score (nSPS) is 23.7. The van der Waals surface area contributed by atoms with Gasteiger partial charge in [-0.05, 0) is 52.7 Å². The Labute approximate surface area is 111 Å². The maximum absolute atomic E-state index is 9.89. The molecule has 2 rings (SSSR count). The highest BCUT2D eigenvalue weighted by molar-refractivity contribution is 5.05. The first-order chi connectivity index (χ1) is 8.55. The summed E-state index contributed by atoms with van der Waals surface area (Å²) < 4.78 is 0. The first kappa shape index (κ1) is 14.3. The van der Waals surface area contributed by atoms with Gasteiger partial charge >= 0.3 is 0 Å². The Hall–Kier alpha value is -0.160. The highest BCUT2D eigenvalue weighted by atomic mass is 16.3. The van der Waals surface area contributed by atoms with Crippen LogP contribution in [0.2, 0.25) is 0 Å². The SMILES string of the molecule is CN(C)CCN(C)CC(CO)(NC1CC1)C1CC1. The van der Waals surface area contributed by atoms with Crippen molar-refractivity contribution >= 4 is 0 Å². The number of aliphatic hydroxyl groups is 1. The van der Waals surface area contributed by atoms with Gasteiger partial charge in [-0.3, -0.25) is 0 Å². The lowest BCUT2D eigenvalue weighted by molar-refractivity contribution is 0.0963. The molecule has 2 aliphatic rings. The molecule has 4 nitrogen and oxygen atoms in total. The zero-order valence-electron chi connectivity index (χ0n) is 12.2. The third kappa shape index (κ3) is 3.92. The number of hydrogen-bond acceptors (Lipinski definition) is 4. The van der Waals surface area contributed by atoms with Crippen LogP contribution in [0.15, 0.2) is 0 Å². The summed E-state index contributed by atoms with van der Waals surface area (Å²) in [6, 6.07) is 0.667. The Morgan fingerprint density at radius 2 is 1.78 bits per heavy atom. The Morgan fingerprint density at radius 1 is 1.11 bits per heavy atom. The average molecular weight is 255 g/mol. The van der Waals surface area contributed by atoms with Gasteiger partial charge in [0.2, 0.25) is 0 Å². The van der Waals surface area contributed by atoms with E-state index in [0.717, 1.165) is 19.6 Å². The molecule has 2 fully saturated rings. The molecule has 0 aromatic heterocycles. The molecule has 0 aromatic rings. The Bertz CT molecular complexity index is 264. The summed E-state index contributed by atoms with van der Waals surface area (Å²) in [5, 5.41) is 13.6. The molecule has 2 saturated carbocycles. The van der Waals surface area contributed by atoms with E-state index in [2.05, 4.69) is 36.3 Å². The Kier molecular flexibility index (Phi) is 4.64. The molecule has 18 heavy (non-hydrogen) atoms. The molecule has 0 saturated heterocycles.